The lowest BCUT2D eigenvalue weighted by Gasteiger charge is -2.20. The first kappa shape index (κ1) is 14.8. The quantitative estimate of drug-likeness (QED) is 0.810. The van der Waals surface area contributed by atoms with Crippen LogP contribution in [0.25, 0.3) is 0 Å². The molecule has 18 heavy (non-hydrogen) atoms. The minimum atomic E-state index is 0.452. The van der Waals surface area contributed by atoms with Crippen LogP contribution < -0.4 is 14.8 Å². The summed E-state index contributed by atoms with van der Waals surface area (Å²) in [5.41, 5.74) is 0.881. The molecule has 0 radical (unpaired) electrons. The molecule has 0 amide bonds. The molecule has 4 heteroatoms. The molecule has 0 fully saturated rings. The molecule has 2 atom stereocenters. The number of pyridine rings is 1. The number of methoxy groups -OCH3 is 2. The first-order valence-corrected chi connectivity index (χ1v) is 6.43. The van der Waals surface area contributed by atoms with E-state index in [1.165, 1.54) is 0 Å². The molecule has 0 aliphatic carbocycles. The monoisotopic (exact) mass is 252 g/mol. The van der Waals surface area contributed by atoms with Gasteiger partial charge in [-0.05, 0) is 12.8 Å². The van der Waals surface area contributed by atoms with Crippen LogP contribution >= 0.6 is 0 Å². The SMILES string of the molecule is CCC(C)C(C)NCc1nccc(OC)c1OC. The van der Waals surface area contributed by atoms with Crippen LogP contribution in [0.5, 0.6) is 11.5 Å². The molecule has 0 aliphatic heterocycles. The van der Waals surface area contributed by atoms with Crippen LogP contribution in [-0.4, -0.2) is 25.2 Å². The summed E-state index contributed by atoms with van der Waals surface area (Å²) < 4.78 is 10.6. The van der Waals surface area contributed by atoms with E-state index in [1.807, 2.05) is 0 Å². The van der Waals surface area contributed by atoms with Crippen LogP contribution in [0.15, 0.2) is 12.3 Å². The number of hydrogen-bond donors (Lipinski definition) is 1. The molecule has 0 saturated heterocycles. The molecule has 0 bridgehead atoms. The van der Waals surface area contributed by atoms with E-state index < -0.39 is 0 Å². The minimum Gasteiger partial charge on any atom is -0.493 e. The van der Waals surface area contributed by atoms with Crippen LogP contribution in [0, 0.1) is 5.92 Å². The molecule has 2 unspecified atom stereocenters. The molecule has 0 spiro atoms. The van der Waals surface area contributed by atoms with Gasteiger partial charge in [0.15, 0.2) is 11.5 Å². The third-order valence-electron chi connectivity index (χ3n) is 3.46. The second kappa shape index (κ2) is 7.21. The molecule has 0 aromatic carbocycles. The Bertz CT molecular complexity index is 369. The van der Waals surface area contributed by atoms with Gasteiger partial charge in [0.25, 0.3) is 0 Å². The van der Waals surface area contributed by atoms with Crippen molar-refractivity contribution in [2.75, 3.05) is 14.2 Å². The Hall–Kier alpha value is -1.29. The van der Waals surface area contributed by atoms with E-state index in [-0.39, 0.29) is 0 Å². The summed E-state index contributed by atoms with van der Waals surface area (Å²) in [5, 5.41) is 3.48. The van der Waals surface area contributed by atoms with Gasteiger partial charge in [0.1, 0.15) is 0 Å². The molecule has 1 aromatic rings. The number of nitrogens with one attached hydrogen (secondary N) is 1. The summed E-state index contributed by atoms with van der Waals surface area (Å²) in [5.74, 6) is 2.07. The van der Waals surface area contributed by atoms with Crippen molar-refractivity contribution in [3.8, 4) is 11.5 Å². The Kier molecular flexibility index (Phi) is 5.92. The highest BCUT2D eigenvalue weighted by atomic mass is 16.5. The fraction of sp³-hybridized carbons (Fsp3) is 0.643. The van der Waals surface area contributed by atoms with Gasteiger partial charge in [-0.3, -0.25) is 4.98 Å². The number of hydrogen-bond acceptors (Lipinski definition) is 4. The van der Waals surface area contributed by atoms with Gasteiger partial charge in [-0.15, -0.1) is 0 Å². The predicted molar refractivity (Wildman–Crippen MR) is 73.1 cm³/mol. The van der Waals surface area contributed by atoms with Crippen molar-refractivity contribution in [2.45, 2.75) is 39.8 Å². The van der Waals surface area contributed by atoms with Crippen molar-refractivity contribution in [1.82, 2.24) is 10.3 Å². The number of rotatable bonds is 7. The van der Waals surface area contributed by atoms with E-state index in [1.54, 1.807) is 26.5 Å². The van der Waals surface area contributed by atoms with E-state index in [0.717, 1.165) is 17.9 Å². The zero-order valence-corrected chi connectivity index (χ0v) is 12.0. The first-order valence-electron chi connectivity index (χ1n) is 6.43. The summed E-state index contributed by atoms with van der Waals surface area (Å²) in [6.07, 6.45) is 2.91. The molecule has 4 nitrogen and oxygen atoms in total. The zero-order chi connectivity index (χ0) is 13.5. The van der Waals surface area contributed by atoms with Gasteiger partial charge in [0.2, 0.25) is 0 Å². The average Bonchev–Trinajstić information content (AvgIpc) is 2.42. The molecule has 0 aliphatic rings. The number of nitrogens with zero attached hydrogens (tertiary/aromatic N) is 1. The third kappa shape index (κ3) is 3.60. The first-order chi connectivity index (χ1) is 8.63. The lowest BCUT2D eigenvalue weighted by Crippen LogP contribution is -2.31. The average molecular weight is 252 g/mol. The molecule has 1 heterocycles. The number of aromatic nitrogens is 1. The normalized spacial score (nSPS) is 14.1. The van der Waals surface area contributed by atoms with Crippen LogP contribution in [0.4, 0.5) is 0 Å². The molecule has 1 aromatic heterocycles. The maximum atomic E-state index is 5.36. The lowest BCUT2D eigenvalue weighted by atomic mass is 10.0. The van der Waals surface area contributed by atoms with Gasteiger partial charge in [-0.1, -0.05) is 20.3 Å². The smallest absolute Gasteiger partial charge is 0.183 e. The summed E-state index contributed by atoms with van der Waals surface area (Å²) in [7, 11) is 3.28. The van der Waals surface area contributed by atoms with E-state index >= 15 is 0 Å². The van der Waals surface area contributed by atoms with Crippen molar-refractivity contribution in [3.05, 3.63) is 18.0 Å². The summed E-state index contributed by atoms with van der Waals surface area (Å²) >= 11 is 0. The fourth-order valence-electron chi connectivity index (χ4n) is 1.79. The Balaban J connectivity index is 2.72. The van der Waals surface area contributed by atoms with Crippen LogP contribution in [0.2, 0.25) is 0 Å². The Labute approximate surface area is 110 Å². The fourth-order valence-corrected chi connectivity index (χ4v) is 1.79. The van der Waals surface area contributed by atoms with E-state index in [0.29, 0.717) is 24.3 Å². The lowest BCUT2D eigenvalue weighted by molar-refractivity contribution is 0.342. The standard InChI is InChI=1S/C14H24N2O2/c1-6-10(2)11(3)16-9-12-14(18-5)13(17-4)7-8-15-12/h7-8,10-11,16H,6,9H2,1-5H3. The Morgan fingerprint density at radius 3 is 2.56 bits per heavy atom. The second-order valence-corrected chi connectivity index (χ2v) is 4.55. The Morgan fingerprint density at radius 1 is 1.28 bits per heavy atom. The summed E-state index contributed by atoms with van der Waals surface area (Å²) in [6.45, 7) is 7.33. The van der Waals surface area contributed by atoms with Crippen molar-refractivity contribution in [3.63, 3.8) is 0 Å². The third-order valence-corrected chi connectivity index (χ3v) is 3.46. The Morgan fingerprint density at radius 2 is 2.00 bits per heavy atom. The van der Waals surface area contributed by atoms with Crippen LogP contribution in [0.3, 0.4) is 0 Å². The summed E-state index contributed by atoms with van der Waals surface area (Å²) in [4.78, 5) is 4.35. The van der Waals surface area contributed by atoms with Crippen LogP contribution in [0.1, 0.15) is 32.9 Å². The van der Waals surface area contributed by atoms with E-state index in [9.17, 15) is 0 Å². The minimum absolute atomic E-state index is 0.452. The van der Waals surface area contributed by atoms with Gasteiger partial charge in [-0.2, -0.15) is 0 Å². The predicted octanol–water partition coefficient (Wildman–Crippen LogP) is 2.62. The molecule has 0 saturated carbocycles. The molecular weight excluding hydrogens is 228 g/mol. The molecular formula is C14H24N2O2. The van der Waals surface area contributed by atoms with Crippen molar-refractivity contribution < 1.29 is 9.47 Å². The highest BCUT2D eigenvalue weighted by Crippen LogP contribution is 2.28. The molecule has 102 valence electrons. The van der Waals surface area contributed by atoms with Crippen LogP contribution in [-0.2, 0) is 6.54 Å². The van der Waals surface area contributed by atoms with Crippen molar-refractivity contribution in [1.29, 1.82) is 0 Å². The van der Waals surface area contributed by atoms with Gasteiger partial charge in [0.05, 0.1) is 19.9 Å². The topological polar surface area (TPSA) is 43.4 Å². The van der Waals surface area contributed by atoms with E-state index in [4.69, 9.17) is 9.47 Å². The van der Waals surface area contributed by atoms with Gasteiger partial charge in [0, 0.05) is 24.8 Å². The maximum Gasteiger partial charge on any atom is 0.183 e. The van der Waals surface area contributed by atoms with Crippen molar-refractivity contribution >= 4 is 0 Å². The van der Waals surface area contributed by atoms with Gasteiger partial charge >= 0.3 is 0 Å². The highest BCUT2D eigenvalue weighted by molar-refractivity contribution is 5.42. The zero-order valence-electron chi connectivity index (χ0n) is 12.0. The summed E-state index contributed by atoms with van der Waals surface area (Å²) in [6, 6.07) is 2.26. The highest BCUT2D eigenvalue weighted by Gasteiger charge is 2.14. The maximum absolute atomic E-state index is 5.36. The van der Waals surface area contributed by atoms with Crippen molar-refractivity contribution in [2.24, 2.45) is 5.92 Å². The largest absolute Gasteiger partial charge is 0.493 e. The molecule has 1 N–H and O–H groups in total. The second-order valence-electron chi connectivity index (χ2n) is 4.55. The molecule has 1 rings (SSSR count). The number of ether oxygens (including phenoxy) is 2. The van der Waals surface area contributed by atoms with Gasteiger partial charge in [-0.25, -0.2) is 0 Å². The van der Waals surface area contributed by atoms with E-state index in [2.05, 4.69) is 31.1 Å². The van der Waals surface area contributed by atoms with Gasteiger partial charge < -0.3 is 14.8 Å².